The lowest BCUT2D eigenvalue weighted by Gasteiger charge is -2.34. The van der Waals surface area contributed by atoms with Crippen LogP contribution in [0, 0.1) is 0 Å². The topological polar surface area (TPSA) is 29.3 Å². The molecule has 4 nitrogen and oxygen atoms in total. The van der Waals surface area contributed by atoms with Crippen molar-refractivity contribution in [3.05, 3.63) is 102 Å². The highest BCUT2D eigenvalue weighted by atomic mass is 16.5. The van der Waals surface area contributed by atoms with Crippen molar-refractivity contribution in [1.29, 1.82) is 0 Å². The number of nitrogens with zero attached hydrogens (tertiary/aromatic N) is 2. The monoisotopic (exact) mass is 434 g/mol. The molecule has 1 aliphatic carbocycles. The van der Waals surface area contributed by atoms with Crippen molar-refractivity contribution in [3.63, 3.8) is 0 Å². The minimum Gasteiger partial charge on any atom is -0.496 e. The van der Waals surface area contributed by atoms with E-state index in [4.69, 9.17) is 9.84 Å². The molecule has 33 heavy (non-hydrogen) atoms. The normalized spacial score (nSPS) is 16.3. The summed E-state index contributed by atoms with van der Waals surface area (Å²) >= 11 is 0. The number of rotatable bonds is 4. The van der Waals surface area contributed by atoms with Gasteiger partial charge in [-0.15, -0.1) is 0 Å². The third-order valence-corrected chi connectivity index (χ3v) is 7.12. The summed E-state index contributed by atoms with van der Waals surface area (Å²) in [5, 5.41) is 9.45. The zero-order chi connectivity index (χ0) is 22.2. The lowest BCUT2D eigenvalue weighted by Crippen LogP contribution is -3.14. The fraction of sp³-hybridized carbons (Fsp3) is 0.207. The molecule has 0 bridgehead atoms. The van der Waals surface area contributed by atoms with Gasteiger partial charge in [0.1, 0.15) is 11.8 Å². The van der Waals surface area contributed by atoms with Gasteiger partial charge in [0, 0.05) is 16.7 Å². The molecule has 0 amide bonds. The first-order valence-corrected chi connectivity index (χ1v) is 11.7. The Bertz CT molecular complexity index is 1290. The van der Waals surface area contributed by atoms with Gasteiger partial charge in [-0.3, -0.25) is 5.01 Å². The Morgan fingerprint density at radius 2 is 1.45 bits per heavy atom. The molecular formula is C29H28N3O+. The molecule has 1 aliphatic heterocycles. The molecule has 0 radical (unpaired) electrons. The van der Waals surface area contributed by atoms with Gasteiger partial charge in [-0.05, 0) is 28.0 Å². The smallest absolute Gasteiger partial charge is 0.140 e. The van der Waals surface area contributed by atoms with Crippen molar-refractivity contribution in [3.8, 4) is 16.9 Å². The van der Waals surface area contributed by atoms with Crippen LogP contribution in [0.25, 0.3) is 21.9 Å². The van der Waals surface area contributed by atoms with Crippen LogP contribution >= 0.6 is 0 Å². The minimum absolute atomic E-state index is 0.418. The van der Waals surface area contributed by atoms with Crippen molar-refractivity contribution in [1.82, 2.24) is 5.01 Å². The van der Waals surface area contributed by atoms with Gasteiger partial charge in [-0.1, -0.05) is 78.9 Å². The summed E-state index contributed by atoms with van der Waals surface area (Å²) in [7, 11) is 1.72. The maximum atomic E-state index is 5.63. The van der Waals surface area contributed by atoms with Crippen LogP contribution in [-0.2, 0) is 0 Å². The number of fused-ring (bicyclic) bond motifs is 4. The summed E-state index contributed by atoms with van der Waals surface area (Å²) < 4.78 is 5.63. The quantitative estimate of drug-likeness (QED) is 0.489. The number of methoxy groups -OCH3 is 1. The molecule has 1 heterocycles. The van der Waals surface area contributed by atoms with Gasteiger partial charge in [0.05, 0.1) is 39.5 Å². The predicted molar refractivity (Wildman–Crippen MR) is 134 cm³/mol. The summed E-state index contributed by atoms with van der Waals surface area (Å²) in [5.74, 6) is 0.862. The first-order valence-electron chi connectivity index (χ1n) is 11.7. The number of nitrogens with one attached hydrogen (secondary N) is 1. The second kappa shape index (κ2) is 8.38. The molecule has 164 valence electrons. The van der Waals surface area contributed by atoms with E-state index in [-0.39, 0.29) is 0 Å². The molecule has 0 saturated carbocycles. The lowest BCUT2D eigenvalue weighted by atomic mass is 10.0. The third kappa shape index (κ3) is 3.47. The van der Waals surface area contributed by atoms with E-state index in [1.54, 1.807) is 12.0 Å². The van der Waals surface area contributed by atoms with Crippen LogP contribution in [0.15, 0.2) is 90.0 Å². The molecule has 0 aromatic heterocycles. The SMILES string of the molecule is COc1ccc2ccccc2c1C=NN1CC[NH+](C2c3ccccc3-c3ccccc32)CC1. The molecule has 0 unspecified atom stereocenters. The average molecular weight is 435 g/mol. The number of benzene rings is 4. The molecule has 1 fully saturated rings. The average Bonchev–Trinajstić information content (AvgIpc) is 3.22. The number of quaternary nitrogens is 1. The second-order valence-electron chi connectivity index (χ2n) is 8.87. The highest BCUT2D eigenvalue weighted by Crippen LogP contribution is 2.41. The van der Waals surface area contributed by atoms with Crippen LogP contribution in [0.5, 0.6) is 5.75 Å². The maximum absolute atomic E-state index is 5.63. The van der Waals surface area contributed by atoms with Gasteiger partial charge >= 0.3 is 0 Å². The molecule has 0 atom stereocenters. The molecule has 1 saturated heterocycles. The van der Waals surface area contributed by atoms with E-state index in [0.29, 0.717) is 6.04 Å². The first kappa shape index (κ1) is 20.0. The van der Waals surface area contributed by atoms with Gasteiger partial charge in [0.2, 0.25) is 0 Å². The van der Waals surface area contributed by atoms with Crippen LogP contribution in [0.1, 0.15) is 22.7 Å². The van der Waals surface area contributed by atoms with Gasteiger partial charge in [-0.25, -0.2) is 0 Å². The summed E-state index contributed by atoms with van der Waals surface area (Å²) in [6.45, 7) is 4.02. The van der Waals surface area contributed by atoms with Gasteiger partial charge < -0.3 is 9.64 Å². The number of piperazine rings is 1. The number of hydrogen-bond acceptors (Lipinski definition) is 3. The van der Waals surface area contributed by atoms with Crippen molar-refractivity contribution in [2.24, 2.45) is 5.10 Å². The molecule has 6 rings (SSSR count). The maximum Gasteiger partial charge on any atom is 0.140 e. The number of hydrazone groups is 1. The first-order chi connectivity index (χ1) is 16.3. The van der Waals surface area contributed by atoms with Crippen LogP contribution in [0.4, 0.5) is 0 Å². The lowest BCUT2D eigenvalue weighted by molar-refractivity contribution is -0.929. The Morgan fingerprint density at radius 3 is 2.15 bits per heavy atom. The van der Waals surface area contributed by atoms with Crippen LogP contribution < -0.4 is 9.64 Å². The van der Waals surface area contributed by atoms with Crippen LogP contribution in [-0.4, -0.2) is 44.5 Å². The summed E-state index contributed by atoms with van der Waals surface area (Å²) in [5.41, 5.74) is 6.77. The van der Waals surface area contributed by atoms with E-state index < -0.39 is 0 Å². The van der Waals surface area contributed by atoms with Gasteiger partial charge in [0.25, 0.3) is 0 Å². The molecule has 0 spiro atoms. The molecule has 4 heteroatoms. The highest BCUT2D eigenvalue weighted by molar-refractivity contribution is 6.02. The van der Waals surface area contributed by atoms with Gasteiger partial charge in [0.15, 0.2) is 0 Å². The standard InChI is InChI=1S/C29H27N3O/c1-33-28-15-14-21-8-2-3-9-22(21)27(28)20-30-32-18-16-31(17-19-32)29-25-12-6-4-10-23(25)24-11-5-7-13-26(24)29/h2-15,20,29H,16-19H2,1H3/p+1. The van der Waals surface area contributed by atoms with E-state index in [1.807, 2.05) is 12.3 Å². The molecule has 2 aliphatic rings. The third-order valence-electron chi connectivity index (χ3n) is 7.12. The Labute approximate surface area is 194 Å². The van der Waals surface area contributed by atoms with E-state index in [0.717, 1.165) is 37.5 Å². The summed E-state index contributed by atoms with van der Waals surface area (Å²) in [4.78, 5) is 1.63. The molecular weight excluding hydrogens is 406 g/mol. The zero-order valence-electron chi connectivity index (χ0n) is 18.9. The van der Waals surface area contributed by atoms with Gasteiger partial charge in [-0.2, -0.15) is 5.10 Å². The zero-order valence-corrected chi connectivity index (χ0v) is 18.9. The predicted octanol–water partition coefficient (Wildman–Crippen LogP) is 4.15. The summed E-state index contributed by atoms with van der Waals surface area (Å²) in [6, 6.07) is 30.8. The van der Waals surface area contributed by atoms with E-state index in [2.05, 4.69) is 83.9 Å². The van der Waals surface area contributed by atoms with Crippen molar-refractivity contribution in [2.75, 3.05) is 33.3 Å². The van der Waals surface area contributed by atoms with E-state index in [9.17, 15) is 0 Å². The molecule has 1 N–H and O–H groups in total. The van der Waals surface area contributed by atoms with E-state index in [1.165, 1.54) is 33.0 Å². The summed E-state index contributed by atoms with van der Waals surface area (Å²) in [6.07, 6.45) is 1.98. The van der Waals surface area contributed by atoms with Crippen molar-refractivity contribution < 1.29 is 9.64 Å². The van der Waals surface area contributed by atoms with Crippen molar-refractivity contribution >= 4 is 17.0 Å². The fourth-order valence-electron chi connectivity index (χ4n) is 5.51. The Balaban J connectivity index is 1.22. The Morgan fingerprint density at radius 1 is 0.818 bits per heavy atom. The second-order valence-corrected chi connectivity index (χ2v) is 8.87. The van der Waals surface area contributed by atoms with Crippen molar-refractivity contribution in [2.45, 2.75) is 6.04 Å². The Hall–Kier alpha value is -3.63. The molecule has 4 aromatic rings. The molecule has 4 aromatic carbocycles. The largest absolute Gasteiger partial charge is 0.496 e. The number of ether oxygens (including phenoxy) is 1. The van der Waals surface area contributed by atoms with Crippen LogP contribution in [0.2, 0.25) is 0 Å². The van der Waals surface area contributed by atoms with Crippen LogP contribution in [0.3, 0.4) is 0 Å². The minimum atomic E-state index is 0.418. The highest BCUT2D eigenvalue weighted by Gasteiger charge is 2.37. The fourth-order valence-corrected chi connectivity index (χ4v) is 5.51. The Kier molecular flexibility index (Phi) is 5.08. The van der Waals surface area contributed by atoms with E-state index >= 15 is 0 Å². The number of hydrogen-bond donors (Lipinski definition) is 1.